The van der Waals surface area contributed by atoms with E-state index in [4.69, 9.17) is 16.1 Å². The van der Waals surface area contributed by atoms with E-state index < -0.39 is 0 Å². The molecule has 0 fully saturated rings. The number of halogens is 1. The molecule has 0 atom stereocenters. The van der Waals surface area contributed by atoms with Crippen LogP contribution in [-0.2, 0) is 6.42 Å². The molecule has 0 radical (unpaired) electrons. The zero-order chi connectivity index (χ0) is 14.8. The predicted octanol–water partition coefficient (Wildman–Crippen LogP) is 4.33. The third-order valence-corrected chi connectivity index (χ3v) is 3.56. The fourth-order valence-electron chi connectivity index (χ4n) is 2.02. The topological polar surface area (TPSA) is 59.2 Å². The van der Waals surface area contributed by atoms with E-state index in [0.717, 1.165) is 12.0 Å². The van der Waals surface area contributed by atoms with Gasteiger partial charge < -0.3 is 9.63 Å². The number of aromatic nitrogens is 2. The highest BCUT2D eigenvalue weighted by atomic mass is 35.5. The summed E-state index contributed by atoms with van der Waals surface area (Å²) in [6.45, 7) is 2.10. The van der Waals surface area contributed by atoms with Gasteiger partial charge in [-0.25, -0.2) is 0 Å². The molecule has 1 heterocycles. The number of aryl methyl sites for hydroxylation is 1. The number of nitrogens with zero attached hydrogens (tertiary/aromatic N) is 2. The number of benzene rings is 2. The second-order valence-electron chi connectivity index (χ2n) is 4.64. The van der Waals surface area contributed by atoms with Crippen LogP contribution >= 0.6 is 11.6 Å². The Morgan fingerprint density at radius 3 is 2.62 bits per heavy atom. The Hall–Kier alpha value is -2.33. The number of hydrogen-bond acceptors (Lipinski definition) is 4. The second kappa shape index (κ2) is 5.58. The van der Waals surface area contributed by atoms with Gasteiger partial charge in [-0.05, 0) is 30.2 Å². The fraction of sp³-hybridized carbons (Fsp3) is 0.125. The molecule has 4 nitrogen and oxygen atoms in total. The van der Waals surface area contributed by atoms with E-state index in [1.54, 1.807) is 6.07 Å². The van der Waals surface area contributed by atoms with Crippen LogP contribution in [0.15, 0.2) is 47.0 Å². The molecule has 0 aliphatic rings. The Morgan fingerprint density at radius 2 is 1.90 bits per heavy atom. The fourth-order valence-corrected chi connectivity index (χ4v) is 2.22. The van der Waals surface area contributed by atoms with Crippen LogP contribution in [-0.4, -0.2) is 15.2 Å². The van der Waals surface area contributed by atoms with Crippen molar-refractivity contribution >= 4 is 11.6 Å². The summed E-state index contributed by atoms with van der Waals surface area (Å²) < 4.78 is 5.24. The van der Waals surface area contributed by atoms with E-state index >= 15 is 0 Å². The maximum atomic E-state index is 9.53. The summed E-state index contributed by atoms with van der Waals surface area (Å²) >= 11 is 6.09. The molecular weight excluding hydrogens is 288 g/mol. The molecule has 3 rings (SSSR count). The minimum Gasteiger partial charge on any atom is -0.508 e. The third kappa shape index (κ3) is 2.76. The van der Waals surface area contributed by atoms with Crippen LogP contribution in [0.4, 0.5) is 0 Å². The van der Waals surface area contributed by atoms with Crippen molar-refractivity contribution in [3.63, 3.8) is 0 Å². The average molecular weight is 301 g/mol. The number of aromatic hydroxyl groups is 1. The maximum absolute atomic E-state index is 9.53. The molecule has 0 saturated heterocycles. The molecule has 5 heteroatoms. The maximum Gasteiger partial charge on any atom is 0.259 e. The molecule has 106 valence electrons. The minimum atomic E-state index is 0.0986. The molecule has 3 aromatic rings. The van der Waals surface area contributed by atoms with Crippen molar-refractivity contribution in [2.75, 3.05) is 0 Å². The van der Waals surface area contributed by atoms with Crippen molar-refractivity contribution in [1.82, 2.24) is 10.1 Å². The van der Waals surface area contributed by atoms with Crippen LogP contribution in [0.5, 0.6) is 5.75 Å². The van der Waals surface area contributed by atoms with Gasteiger partial charge in [0.15, 0.2) is 0 Å². The van der Waals surface area contributed by atoms with Crippen molar-refractivity contribution < 1.29 is 9.63 Å². The monoisotopic (exact) mass is 300 g/mol. The van der Waals surface area contributed by atoms with Gasteiger partial charge in [0.1, 0.15) is 5.75 Å². The Bertz CT molecular complexity index is 766. The molecule has 2 aromatic carbocycles. The lowest BCUT2D eigenvalue weighted by atomic mass is 10.1. The molecule has 0 amide bonds. The molecule has 0 aliphatic heterocycles. The van der Waals surface area contributed by atoms with Crippen LogP contribution < -0.4 is 0 Å². The Kier molecular flexibility index (Phi) is 3.62. The Labute approximate surface area is 127 Å². The third-order valence-electron chi connectivity index (χ3n) is 3.23. The lowest BCUT2D eigenvalue weighted by molar-refractivity contribution is 0.431. The highest BCUT2D eigenvalue weighted by molar-refractivity contribution is 6.33. The van der Waals surface area contributed by atoms with E-state index in [-0.39, 0.29) is 11.6 Å². The van der Waals surface area contributed by atoms with Crippen molar-refractivity contribution in [2.24, 2.45) is 0 Å². The number of phenolic OH excluding ortho intramolecular Hbond substituents is 1. The predicted molar refractivity (Wildman–Crippen MR) is 81.2 cm³/mol. The first-order chi connectivity index (χ1) is 10.2. The number of phenols is 1. The summed E-state index contributed by atoms with van der Waals surface area (Å²) in [6, 6.07) is 12.6. The van der Waals surface area contributed by atoms with Gasteiger partial charge in [-0.15, -0.1) is 0 Å². The Morgan fingerprint density at radius 1 is 1.14 bits per heavy atom. The lowest BCUT2D eigenvalue weighted by Crippen LogP contribution is -1.84. The van der Waals surface area contributed by atoms with Gasteiger partial charge in [0.05, 0.1) is 10.6 Å². The standard InChI is InChI=1S/C16H13ClN2O2/c1-2-10-3-5-11(6-4-10)15-18-16(21-19-15)13-9-12(20)7-8-14(13)17/h3-9,20H,2H2,1H3. The van der Waals surface area contributed by atoms with Crippen molar-refractivity contribution in [3.8, 4) is 28.6 Å². The summed E-state index contributed by atoms with van der Waals surface area (Å²) in [6.07, 6.45) is 0.983. The van der Waals surface area contributed by atoms with Crippen LogP contribution in [0, 0.1) is 0 Å². The summed E-state index contributed by atoms with van der Waals surface area (Å²) in [5.41, 5.74) is 2.64. The molecule has 0 unspecified atom stereocenters. The summed E-state index contributed by atoms with van der Waals surface area (Å²) in [5.74, 6) is 0.874. The Balaban J connectivity index is 1.97. The van der Waals surface area contributed by atoms with Gasteiger partial charge >= 0.3 is 0 Å². The van der Waals surface area contributed by atoms with E-state index in [9.17, 15) is 5.11 Å². The van der Waals surface area contributed by atoms with Gasteiger partial charge in [0, 0.05) is 5.56 Å². The molecule has 1 N–H and O–H groups in total. The van der Waals surface area contributed by atoms with E-state index in [1.807, 2.05) is 24.3 Å². The quantitative estimate of drug-likeness (QED) is 0.782. The highest BCUT2D eigenvalue weighted by Crippen LogP contribution is 2.31. The van der Waals surface area contributed by atoms with Crippen LogP contribution in [0.1, 0.15) is 12.5 Å². The van der Waals surface area contributed by atoms with Gasteiger partial charge in [-0.2, -0.15) is 4.98 Å². The first kappa shape index (κ1) is 13.6. The average Bonchev–Trinajstić information content (AvgIpc) is 2.99. The molecule has 0 spiro atoms. The molecule has 0 bridgehead atoms. The number of hydrogen-bond donors (Lipinski definition) is 1. The summed E-state index contributed by atoms with van der Waals surface area (Å²) in [4.78, 5) is 4.33. The largest absolute Gasteiger partial charge is 0.508 e. The summed E-state index contributed by atoms with van der Waals surface area (Å²) in [7, 11) is 0. The zero-order valence-electron chi connectivity index (χ0n) is 11.4. The van der Waals surface area contributed by atoms with E-state index in [2.05, 4.69) is 17.1 Å². The van der Waals surface area contributed by atoms with Crippen LogP contribution in [0.2, 0.25) is 5.02 Å². The van der Waals surface area contributed by atoms with Gasteiger partial charge in [-0.1, -0.05) is 47.9 Å². The molecule has 1 aromatic heterocycles. The SMILES string of the molecule is CCc1ccc(-c2noc(-c3cc(O)ccc3Cl)n2)cc1. The van der Waals surface area contributed by atoms with E-state index in [1.165, 1.54) is 17.7 Å². The summed E-state index contributed by atoms with van der Waals surface area (Å²) in [5, 5.41) is 13.9. The first-order valence-electron chi connectivity index (χ1n) is 6.59. The van der Waals surface area contributed by atoms with Crippen molar-refractivity contribution in [1.29, 1.82) is 0 Å². The molecule has 21 heavy (non-hydrogen) atoms. The van der Waals surface area contributed by atoms with E-state index in [0.29, 0.717) is 16.4 Å². The molecule has 0 saturated carbocycles. The number of rotatable bonds is 3. The molecule has 0 aliphatic carbocycles. The van der Waals surface area contributed by atoms with Gasteiger partial charge in [0.25, 0.3) is 5.89 Å². The smallest absolute Gasteiger partial charge is 0.259 e. The minimum absolute atomic E-state index is 0.0986. The first-order valence-corrected chi connectivity index (χ1v) is 6.97. The van der Waals surface area contributed by atoms with Gasteiger partial charge in [-0.3, -0.25) is 0 Å². The zero-order valence-corrected chi connectivity index (χ0v) is 12.1. The molecular formula is C16H13ClN2O2. The lowest BCUT2D eigenvalue weighted by Gasteiger charge is -1.99. The van der Waals surface area contributed by atoms with Crippen LogP contribution in [0.3, 0.4) is 0 Å². The van der Waals surface area contributed by atoms with Crippen molar-refractivity contribution in [2.45, 2.75) is 13.3 Å². The second-order valence-corrected chi connectivity index (χ2v) is 5.04. The highest BCUT2D eigenvalue weighted by Gasteiger charge is 2.14. The van der Waals surface area contributed by atoms with Crippen molar-refractivity contribution in [3.05, 3.63) is 53.1 Å². The van der Waals surface area contributed by atoms with Gasteiger partial charge in [0.2, 0.25) is 5.82 Å². The normalized spacial score (nSPS) is 10.8. The van der Waals surface area contributed by atoms with Crippen LogP contribution in [0.25, 0.3) is 22.8 Å².